The molecule has 56 heavy (non-hydrogen) atoms. The largest absolute Gasteiger partial charge is 0.384 e. The maximum Gasteiger partial charge on any atom is 0.326 e. The van der Waals surface area contributed by atoms with Gasteiger partial charge in [-0.25, -0.2) is 9.59 Å². The molecule has 7 N–H and O–H groups in total. The Kier molecular flexibility index (Phi) is 14.2. The number of carbonyl (C=O) groups is 1. The fraction of sp³-hybridized carbons (Fsp3) is 0.405. The number of fused-ring (bicyclic) bond motifs is 2. The second-order valence-electron chi connectivity index (χ2n) is 15.1. The van der Waals surface area contributed by atoms with E-state index in [1.165, 1.54) is 6.92 Å². The molecule has 2 aliphatic carbocycles. The molecular weight excluding hydrogens is 732 g/mol. The maximum atomic E-state index is 12.4. The van der Waals surface area contributed by atoms with Crippen LogP contribution in [0.4, 0.5) is 0 Å². The smallest absolute Gasteiger partial charge is 0.326 e. The Morgan fingerprint density at radius 2 is 1.18 bits per heavy atom. The van der Waals surface area contributed by atoms with E-state index in [1.807, 2.05) is 64.6 Å². The summed E-state index contributed by atoms with van der Waals surface area (Å²) in [6, 6.07) is 23.5. The number of nitrogens with two attached hydrogens (primary N) is 1. The molecule has 4 heterocycles. The lowest BCUT2D eigenvalue weighted by Crippen LogP contribution is -2.42. The molecule has 2 fully saturated rings. The molecule has 0 bridgehead atoms. The summed E-state index contributed by atoms with van der Waals surface area (Å²) in [6.45, 7) is 3.83. The Morgan fingerprint density at radius 1 is 0.732 bits per heavy atom. The molecule has 0 aliphatic heterocycles. The van der Waals surface area contributed by atoms with Gasteiger partial charge in [0.05, 0.1) is 40.1 Å². The highest BCUT2D eigenvalue weighted by atomic mass is 35.5. The average Bonchev–Trinajstić information content (AvgIpc) is 3.73. The average molecular weight is 785 g/mol. The lowest BCUT2D eigenvalue weighted by molar-refractivity contribution is -0.123. The predicted molar refractivity (Wildman–Crippen MR) is 221 cm³/mol. The van der Waals surface area contributed by atoms with Crippen LogP contribution in [-0.4, -0.2) is 64.2 Å². The molecule has 0 spiro atoms. The van der Waals surface area contributed by atoms with Crippen molar-refractivity contribution in [1.29, 1.82) is 0 Å². The number of nitrogens with one attached hydrogen (secondary N) is 3. The Bertz CT molecular complexity index is 2250. The number of aldehydes is 1. The first-order chi connectivity index (χ1) is 26.5. The lowest BCUT2D eigenvalue weighted by atomic mass is 9.89. The van der Waals surface area contributed by atoms with Crippen LogP contribution in [0.1, 0.15) is 88.4 Å². The van der Waals surface area contributed by atoms with Crippen LogP contribution < -0.4 is 22.4 Å². The highest BCUT2D eigenvalue weighted by Gasteiger charge is 2.28. The minimum atomic E-state index is -1.35. The molecule has 2 aliphatic rings. The van der Waals surface area contributed by atoms with Gasteiger partial charge in [-0.2, -0.15) is 0 Å². The fourth-order valence-electron chi connectivity index (χ4n) is 7.67. The van der Waals surface area contributed by atoms with Gasteiger partial charge >= 0.3 is 11.4 Å². The summed E-state index contributed by atoms with van der Waals surface area (Å²) in [4.78, 5) is 48.6. The van der Waals surface area contributed by atoms with E-state index in [4.69, 9.17) is 5.73 Å². The summed E-state index contributed by atoms with van der Waals surface area (Å²) in [5.74, 6) is 0. The van der Waals surface area contributed by atoms with Crippen LogP contribution >= 0.6 is 12.4 Å². The third-order valence-corrected chi connectivity index (χ3v) is 10.9. The summed E-state index contributed by atoms with van der Waals surface area (Å²) >= 11 is 0. The number of nitrogens with zero attached hydrogens (tertiary/aromatic N) is 4. The monoisotopic (exact) mass is 784 g/mol. The predicted octanol–water partition coefficient (Wildman–Crippen LogP) is 5.39. The molecule has 13 nitrogen and oxygen atoms in total. The topological polar surface area (TPSA) is 197 Å². The number of hydrogen-bond acceptors (Lipinski definition) is 9. The molecule has 6 aromatic rings. The molecule has 14 heteroatoms. The number of benzene rings is 2. The van der Waals surface area contributed by atoms with Crippen molar-refractivity contribution in [3.05, 3.63) is 130 Å². The first kappa shape index (κ1) is 42.2. The van der Waals surface area contributed by atoms with E-state index in [2.05, 4.69) is 25.3 Å². The number of aliphatic hydroxyl groups is 2. The van der Waals surface area contributed by atoms with E-state index in [9.17, 15) is 24.6 Å². The van der Waals surface area contributed by atoms with Gasteiger partial charge in [0.15, 0.2) is 6.29 Å². The number of aromatic nitrogens is 6. The van der Waals surface area contributed by atoms with Crippen molar-refractivity contribution < 1.29 is 15.0 Å². The number of H-pyrrole nitrogens is 2. The maximum absolute atomic E-state index is 12.4. The molecule has 0 radical (unpaired) electrons. The van der Waals surface area contributed by atoms with Crippen molar-refractivity contribution in [3.63, 3.8) is 0 Å². The van der Waals surface area contributed by atoms with Crippen LogP contribution in [0.15, 0.2) is 107 Å². The summed E-state index contributed by atoms with van der Waals surface area (Å²) in [6.07, 6.45) is 15.2. The quantitative estimate of drug-likeness (QED) is 0.110. The van der Waals surface area contributed by atoms with Crippen LogP contribution in [0.3, 0.4) is 0 Å². The Hall–Kier alpha value is -4.92. The van der Waals surface area contributed by atoms with E-state index in [0.717, 1.165) is 79.0 Å². The Balaban J connectivity index is 0.000000177. The number of imidazole rings is 2. The van der Waals surface area contributed by atoms with E-state index in [-0.39, 0.29) is 35.9 Å². The third kappa shape index (κ3) is 10.1. The summed E-state index contributed by atoms with van der Waals surface area (Å²) in [5.41, 5.74) is 8.60. The first-order valence-electron chi connectivity index (χ1n) is 19.1. The van der Waals surface area contributed by atoms with Gasteiger partial charge in [-0.15, -0.1) is 12.4 Å². The first-order valence-corrected chi connectivity index (χ1v) is 19.1. The molecule has 2 atom stereocenters. The molecule has 2 aromatic carbocycles. The minimum Gasteiger partial charge on any atom is -0.384 e. The molecular formula is C42H53ClN8O5. The van der Waals surface area contributed by atoms with Crippen molar-refractivity contribution >= 4 is 40.8 Å². The molecule has 4 aromatic heterocycles. The van der Waals surface area contributed by atoms with E-state index >= 15 is 0 Å². The number of pyridine rings is 2. The van der Waals surface area contributed by atoms with Crippen LogP contribution in [-0.2, 0) is 16.0 Å². The molecule has 2 unspecified atom stereocenters. The van der Waals surface area contributed by atoms with Crippen molar-refractivity contribution in [2.75, 3.05) is 6.54 Å². The van der Waals surface area contributed by atoms with Crippen molar-refractivity contribution in [2.45, 2.75) is 101 Å². The molecule has 2 saturated carbocycles. The van der Waals surface area contributed by atoms with Crippen LogP contribution in [0.25, 0.3) is 22.1 Å². The van der Waals surface area contributed by atoms with E-state index < -0.39 is 11.2 Å². The highest BCUT2D eigenvalue weighted by Crippen LogP contribution is 2.31. The van der Waals surface area contributed by atoms with Gasteiger partial charge in [0.2, 0.25) is 0 Å². The fourth-order valence-corrected chi connectivity index (χ4v) is 7.67. The molecule has 8 rings (SSSR count). The second kappa shape index (κ2) is 18.8. The van der Waals surface area contributed by atoms with Crippen molar-refractivity contribution in [3.8, 4) is 0 Å². The third-order valence-electron chi connectivity index (χ3n) is 10.9. The van der Waals surface area contributed by atoms with Crippen LogP contribution in [0.2, 0.25) is 0 Å². The highest BCUT2D eigenvalue weighted by molar-refractivity contribution is 5.85. The van der Waals surface area contributed by atoms with Gasteiger partial charge in [-0.3, -0.25) is 23.9 Å². The zero-order chi connectivity index (χ0) is 39.0. The number of aromatic amines is 2. The lowest BCUT2D eigenvalue weighted by Gasteiger charge is -2.32. The van der Waals surface area contributed by atoms with Gasteiger partial charge in [-0.1, -0.05) is 60.7 Å². The van der Waals surface area contributed by atoms with Gasteiger partial charge in [0.1, 0.15) is 5.60 Å². The van der Waals surface area contributed by atoms with E-state index in [0.29, 0.717) is 30.5 Å². The zero-order valence-electron chi connectivity index (χ0n) is 31.9. The summed E-state index contributed by atoms with van der Waals surface area (Å²) < 4.78 is 3.75. The summed E-state index contributed by atoms with van der Waals surface area (Å²) in [7, 11) is 0. The SMILES string of the molecule is CC(O)(C=O)c1ccccc1.CC(O)(CNC1CCC(n2c(=O)[nH]c3cnccc32)CC1)c1ccccc1.Cl.NC1CCC(n2c(=O)[nH]c3cnccc32)CC1. The number of rotatable bonds is 8. The van der Waals surface area contributed by atoms with Crippen LogP contribution in [0, 0.1) is 0 Å². The molecule has 298 valence electrons. The van der Waals surface area contributed by atoms with Crippen molar-refractivity contribution in [2.24, 2.45) is 5.73 Å². The van der Waals surface area contributed by atoms with Crippen molar-refractivity contribution in [1.82, 2.24) is 34.4 Å². The van der Waals surface area contributed by atoms with Crippen LogP contribution in [0.5, 0.6) is 0 Å². The zero-order valence-corrected chi connectivity index (χ0v) is 32.7. The number of carbonyl (C=O) groups excluding carboxylic acids is 1. The normalized spacial score (nSPS) is 21.6. The Morgan fingerprint density at radius 3 is 1.64 bits per heavy atom. The van der Waals surface area contributed by atoms with Gasteiger partial charge in [-0.05, 0) is 88.5 Å². The standard InChI is InChI=1S/C21H26N4O2.C12H16N4O.C9H10O2.ClH/c1-21(27,15-5-3-2-4-6-15)14-23-16-7-9-17(10-8-16)25-19-11-12-22-13-18(19)24-20(25)26;13-8-1-3-9(4-2-8)16-11-5-6-14-7-10(11)15-12(16)17;1-9(11,7-10)8-5-3-2-4-6-8;/h2-6,11-13,16-17,23,27H,7-10,14H2,1H3,(H,24,26);5-9H,1-4,13H2,(H,15,17);2-7,11H,1H3;1H. The van der Waals surface area contributed by atoms with E-state index in [1.54, 1.807) is 49.1 Å². The Labute approximate surface area is 331 Å². The summed E-state index contributed by atoms with van der Waals surface area (Å²) in [5, 5.41) is 23.7. The second-order valence-corrected chi connectivity index (χ2v) is 15.1. The minimum absolute atomic E-state index is 0. The van der Waals surface area contributed by atoms with Gasteiger partial charge in [0, 0.05) is 43.1 Å². The molecule has 0 saturated heterocycles. The van der Waals surface area contributed by atoms with Gasteiger partial charge < -0.3 is 31.2 Å². The van der Waals surface area contributed by atoms with Gasteiger partial charge in [0.25, 0.3) is 0 Å². The molecule has 0 amide bonds. The number of halogens is 1. The number of hydrogen-bond donors (Lipinski definition) is 6.